The van der Waals surface area contributed by atoms with Crippen molar-refractivity contribution in [3.63, 3.8) is 0 Å². The number of nitrogens with zero attached hydrogens (tertiary/aromatic N) is 2. The van der Waals surface area contributed by atoms with Gasteiger partial charge < -0.3 is 19.3 Å². The molecule has 0 saturated carbocycles. The second-order valence-corrected chi connectivity index (χ2v) is 8.08. The van der Waals surface area contributed by atoms with Gasteiger partial charge in [-0.25, -0.2) is 0 Å². The maximum absolute atomic E-state index is 12.0. The van der Waals surface area contributed by atoms with Crippen molar-refractivity contribution < 1.29 is 19.3 Å². The first-order valence-electron chi connectivity index (χ1n) is 9.20. The van der Waals surface area contributed by atoms with E-state index < -0.39 is 22.9 Å². The van der Waals surface area contributed by atoms with Crippen LogP contribution in [0.15, 0.2) is 24.3 Å². The molecule has 2 saturated heterocycles. The Labute approximate surface area is 151 Å². The Morgan fingerprint density at radius 1 is 1.27 bits per heavy atom. The van der Waals surface area contributed by atoms with Gasteiger partial charge in [0.1, 0.15) is 17.4 Å². The first-order chi connectivity index (χ1) is 12.6. The molecule has 2 bridgehead atoms. The monoisotopic (exact) mass is 352 g/mol. The lowest BCUT2D eigenvalue weighted by molar-refractivity contribution is -0.237. The van der Waals surface area contributed by atoms with Crippen molar-refractivity contribution in [3.8, 4) is 11.8 Å². The van der Waals surface area contributed by atoms with Crippen molar-refractivity contribution in [2.45, 2.75) is 41.8 Å². The van der Waals surface area contributed by atoms with E-state index >= 15 is 0 Å². The van der Waals surface area contributed by atoms with Crippen LogP contribution in [0, 0.1) is 11.3 Å². The molecule has 6 heteroatoms. The lowest BCUT2D eigenvalue weighted by Gasteiger charge is -2.62. The summed E-state index contributed by atoms with van der Waals surface area (Å²) >= 11 is 0. The van der Waals surface area contributed by atoms with Crippen LogP contribution in [-0.4, -0.2) is 60.3 Å². The highest BCUT2D eigenvalue weighted by atomic mass is 16.8. The molecule has 0 aromatic heterocycles. The van der Waals surface area contributed by atoms with Gasteiger partial charge in [-0.3, -0.25) is 4.90 Å². The van der Waals surface area contributed by atoms with Gasteiger partial charge in [0, 0.05) is 11.6 Å². The molecule has 1 aromatic rings. The maximum Gasteiger partial charge on any atom is 0.227 e. The molecule has 134 valence electrons. The lowest BCUT2D eigenvalue weighted by atomic mass is 9.50. The zero-order chi connectivity index (χ0) is 17.7. The molecule has 2 spiro atoms. The van der Waals surface area contributed by atoms with Crippen LogP contribution in [-0.2, 0) is 21.3 Å². The fourth-order valence-electron chi connectivity index (χ4n) is 6.08. The number of nitriles is 1. The van der Waals surface area contributed by atoms with E-state index in [1.54, 1.807) is 0 Å². The van der Waals surface area contributed by atoms with E-state index in [1.807, 2.05) is 24.3 Å². The number of likely N-dealkylation sites (tertiary alicyclic amines) is 1. The van der Waals surface area contributed by atoms with E-state index in [2.05, 4.69) is 18.0 Å². The third-order valence-electron chi connectivity index (χ3n) is 7.19. The van der Waals surface area contributed by atoms with Crippen molar-refractivity contribution in [2.75, 3.05) is 26.8 Å². The number of hydrogen-bond acceptors (Lipinski definition) is 6. The van der Waals surface area contributed by atoms with Crippen LogP contribution < -0.4 is 4.74 Å². The summed E-state index contributed by atoms with van der Waals surface area (Å²) < 4.78 is 18.5. The first kappa shape index (κ1) is 15.2. The summed E-state index contributed by atoms with van der Waals surface area (Å²) in [6.45, 7) is 1.85. The summed E-state index contributed by atoms with van der Waals surface area (Å²) in [6.07, 6.45) is 4.70. The SMILES string of the molecule is CN1CCC23c4c5ccc(C#N)c4OC2C2(C=CC3(O)[C@H]1C5)OCCO2. The Bertz CT molecular complexity index is 900. The number of ether oxygens (including phenoxy) is 3. The molecule has 6 rings (SSSR count). The van der Waals surface area contributed by atoms with E-state index in [0.29, 0.717) is 24.5 Å². The standard InChI is InChI=1S/C20H20N2O4/c1-22-7-6-18-15-12-2-3-13(11-21)16(15)26-17(18)20(24-8-9-25-20)5-4-19(18,23)14(22)10-12/h2-5,14,17,23H,6-10H2,1H3/t14-,17?,18?,19?/m1/s1. The summed E-state index contributed by atoms with van der Waals surface area (Å²) in [5.74, 6) is -0.383. The highest BCUT2D eigenvalue weighted by Gasteiger charge is 2.75. The Hall–Kier alpha value is -1.91. The molecule has 3 unspecified atom stereocenters. The number of benzene rings is 1. The smallest absolute Gasteiger partial charge is 0.227 e. The highest BCUT2D eigenvalue weighted by Crippen LogP contribution is 2.65. The van der Waals surface area contributed by atoms with Crippen LogP contribution in [0.25, 0.3) is 0 Å². The number of likely N-dealkylation sites (N-methyl/N-ethyl adjacent to an activating group) is 1. The van der Waals surface area contributed by atoms with Crippen molar-refractivity contribution >= 4 is 0 Å². The second kappa shape index (κ2) is 4.49. The van der Waals surface area contributed by atoms with Crippen LogP contribution in [0.1, 0.15) is 23.1 Å². The predicted octanol–water partition coefficient (Wildman–Crippen LogP) is 0.861. The van der Waals surface area contributed by atoms with Gasteiger partial charge in [0.2, 0.25) is 5.79 Å². The topological polar surface area (TPSA) is 75.0 Å². The van der Waals surface area contributed by atoms with Crippen molar-refractivity contribution in [3.05, 3.63) is 41.0 Å². The largest absolute Gasteiger partial charge is 0.482 e. The summed E-state index contributed by atoms with van der Waals surface area (Å²) in [5.41, 5.74) is 0.944. The fraction of sp³-hybridized carbons (Fsp3) is 0.550. The van der Waals surface area contributed by atoms with Crippen molar-refractivity contribution in [2.24, 2.45) is 0 Å². The molecule has 2 fully saturated rings. The lowest BCUT2D eigenvalue weighted by Crippen LogP contribution is -2.77. The third-order valence-corrected chi connectivity index (χ3v) is 7.19. The molecule has 26 heavy (non-hydrogen) atoms. The molecule has 0 amide bonds. The zero-order valence-electron chi connectivity index (χ0n) is 14.6. The van der Waals surface area contributed by atoms with Gasteiger partial charge in [-0.2, -0.15) is 5.26 Å². The van der Waals surface area contributed by atoms with Crippen LogP contribution >= 0.6 is 0 Å². The van der Waals surface area contributed by atoms with Crippen LogP contribution in [0.5, 0.6) is 5.75 Å². The summed E-state index contributed by atoms with van der Waals surface area (Å²) in [7, 11) is 2.07. The normalized spacial score (nSPS) is 41.0. The van der Waals surface area contributed by atoms with Gasteiger partial charge in [-0.1, -0.05) is 6.07 Å². The van der Waals surface area contributed by atoms with Gasteiger partial charge in [0.05, 0.1) is 24.2 Å². The first-order valence-corrected chi connectivity index (χ1v) is 9.20. The molecule has 1 N–H and O–H groups in total. The van der Waals surface area contributed by atoms with Gasteiger partial charge in [0.15, 0.2) is 6.10 Å². The summed E-state index contributed by atoms with van der Waals surface area (Å²) in [5, 5.41) is 21.6. The molecule has 4 atom stereocenters. The molecule has 2 aliphatic carbocycles. The van der Waals surface area contributed by atoms with E-state index in [4.69, 9.17) is 14.2 Å². The molecule has 3 aliphatic heterocycles. The minimum Gasteiger partial charge on any atom is -0.482 e. The van der Waals surface area contributed by atoms with E-state index in [0.717, 1.165) is 30.5 Å². The van der Waals surface area contributed by atoms with Gasteiger partial charge in [-0.15, -0.1) is 0 Å². The fourth-order valence-corrected chi connectivity index (χ4v) is 6.08. The number of rotatable bonds is 0. The highest BCUT2D eigenvalue weighted by molar-refractivity contribution is 5.65. The molecule has 0 radical (unpaired) electrons. The number of piperidine rings is 1. The Morgan fingerprint density at radius 3 is 2.85 bits per heavy atom. The molecule has 1 aromatic carbocycles. The number of hydrogen-bond donors (Lipinski definition) is 1. The van der Waals surface area contributed by atoms with Crippen LogP contribution in [0.4, 0.5) is 0 Å². The van der Waals surface area contributed by atoms with Crippen LogP contribution in [0.2, 0.25) is 0 Å². The number of fused-ring (bicyclic) bond motifs is 1. The van der Waals surface area contributed by atoms with Crippen LogP contribution in [0.3, 0.4) is 0 Å². The summed E-state index contributed by atoms with van der Waals surface area (Å²) in [4.78, 5) is 2.24. The Kier molecular flexibility index (Phi) is 2.62. The average Bonchev–Trinajstić information content (AvgIpc) is 3.24. The van der Waals surface area contributed by atoms with Gasteiger partial charge >= 0.3 is 0 Å². The quantitative estimate of drug-likeness (QED) is 0.698. The average molecular weight is 352 g/mol. The second-order valence-electron chi connectivity index (χ2n) is 8.08. The van der Waals surface area contributed by atoms with E-state index in [1.165, 1.54) is 0 Å². The van der Waals surface area contributed by atoms with Gasteiger partial charge in [-0.05, 0) is 50.2 Å². The number of aliphatic hydroxyl groups is 1. The Balaban J connectivity index is 1.71. The molecular weight excluding hydrogens is 332 g/mol. The van der Waals surface area contributed by atoms with E-state index in [-0.39, 0.29) is 6.04 Å². The molecule has 6 nitrogen and oxygen atoms in total. The minimum atomic E-state index is -1.07. The minimum absolute atomic E-state index is 0.0382. The van der Waals surface area contributed by atoms with Crippen molar-refractivity contribution in [1.82, 2.24) is 4.90 Å². The maximum atomic E-state index is 12.0. The van der Waals surface area contributed by atoms with E-state index in [9.17, 15) is 10.4 Å². The third kappa shape index (κ3) is 1.39. The molecule has 5 aliphatic rings. The molecule has 3 heterocycles. The zero-order valence-corrected chi connectivity index (χ0v) is 14.6. The predicted molar refractivity (Wildman–Crippen MR) is 90.7 cm³/mol. The molecular formula is C20H20N2O4. The Morgan fingerprint density at radius 2 is 2.08 bits per heavy atom. The van der Waals surface area contributed by atoms with Crippen molar-refractivity contribution in [1.29, 1.82) is 5.26 Å². The van der Waals surface area contributed by atoms with Gasteiger partial charge in [0.25, 0.3) is 0 Å². The summed E-state index contributed by atoms with van der Waals surface area (Å²) in [6, 6.07) is 6.07.